The number of likely N-dealkylation sites (tertiary alicyclic amines) is 1. The largest absolute Gasteiger partial charge is 0.453 e. The van der Waals surface area contributed by atoms with Gasteiger partial charge in [-0.05, 0) is 48.1 Å². The molecule has 0 spiro atoms. The lowest BCUT2D eigenvalue weighted by atomic mass is 10.0. The van der Waals surface area contributed by atoms with E-state index < -0.39 is 36.4 Å². The maximum Gasteiger partial charge on any atom is 0.409 e. The average molecular weight is 967 g/mol. The number of nitrogens with zero attached hydrogens (tertiary/aromatic N) is 6. The predicted molar refractivity (Wildman–Crippen MR) is 261 cm³/mol. The molecular formula is C52H58N10O9. The highest BCUT2D eigenvalue weighted by molar-refractivity contribution is 5.89. The zero-order chi connectivity index (χ0) is 49.6. The first-order valence-electron chi connectivity index (χ1n) is 24.0. The van der Waals surface area contributed by atoms with Crippen LogP contribution in [-0.4, -0.2) is 135 Å². The Bertz CT molecular complexity index is 2860. The molecule has 3 aromatic carbocycles. The molecule has 19 heteroatoms. The highest BCUT2D eigenvalue weighted by Crippen LogP contribution is 2.35. The molecule has 9 rings (SSSR count). The Morgan fingerprint density at radius 3 is 2.08 bits per heavy atom. The smallest absolute Gasteiger partial charge is 0.409 e. The topological polar surface area (TPSA) is 226 Å². The number of aromatic nitrogens is 5. The Morgan fingerprint density at radius 2 is 1.38 bits per heavy atom. The highest BCUT2D eigenvalue weighted by atomic mass is 16.6. The summed E-state index contributed by atoms with van der Waals surface area (Å²) in [6.45, 7) is 5.86. The number of alkyl carbamates (subject to hydrolysis) is 2. The van der Waals surface area contributed by atoms with Gasteiger partial charge >= 0.3 is 18.3 Å². The molecule has 0 aliphatic carbocycles. The Labute approximate surface area is 410 Å². The second-order valence-electron chi connectivity index (χ2n) is 18.3. The molecule has 4 N–H and O–H groups in total. The van der Waals surface area contributed by atoms with E-state index in [4.69, 9.17) is 28.9 Å². The maximum absolute atomic E-state index is 14.3. The lowest BCUT2D eigenvalue weighted by molar-refractivity contribution is -0.139. The van der Waals surface area contributed by atoms with Crippen LogP contribution >= 0.6 is 0 Å². The van der Waals surface area contributed by atoms with Crippen LogP contribution in [-0.2, 0) is 28.5 Å². The molecule has 6 aromatic rings. The molecule has 0 unspecified atom stereocenters. The minimum atomic E-state index is -0.927. The number of ether oxygens (including phenoxy) is 4. The molecule has 71 heavy (non-hydrogen) atoms. The van der Waals surface area contributed by atoms with Crippen molar-refractivity contribution >= 4 is 41.0 Å². The fraction of sp³-hybridized carbons (Fsp3) is 0.385. The van der Waals surface area contributed by atoms with Crippen LogP contribution in [0, 0.1) is 5.92 Å². The molecule has 3 aromatic heterocycles. The molecule has 4 atom stereocenters. The zero-order valence-corrected chi connectivity index (χ0v) is 40.1. The van der Waals surface area contributed by atoms with Gasteiger partial charge in [-0.1, -0.05) is 80.6 Å². The number of hydrogen-bond donors (Lipinski definition) is 4. The summed E-state index contributed by atoms with van der Waals surface area (Å²) >= 11 is 0. The van der Waals surface area contributed by atoms with Crippen LogP contribution in [0.1, 0.15) is 74.9 Å². The van der Waals surface area contributed by atoms with E-state index in [-0.39, 0.29) is 49.5 Å². The fourth-order valence-corrected chi connectivity index (χ4v) is 9.54. The summed E-state index contributed by atoms with van der Waals surface area (Å²) in [5, 5.41) is 6.46. The van der Waals surface area contributed by atoms with Gasteiger partial charge in [0.05, 0.1) is 75.0 Å². The van der Waals surface area contributed by atoms with Gasteiger partial charge in [-0.3, -0.25) is 9.59 Å². The van der Waals surface area contributed by atoms with Crippen molar-refractivity contribution < 1.29 is 42.9 Å². The normalized spacial score (nSPS) is 18.2. The third-order valence-electron chi connectivity index (χ3n) is 13.4. The number of methoxy groups -OCH3 is 2. The van der Waals surface area contributed by atoms with Gasteiger partial charge in [0.25, 0.3) is 5.91 Å². The van der Waals surface area contributed by atoms with E-state index in [2.05, 4.69) is 31.7 Å². The second kappa shape index (κ2) is 21.5. The van der Waals surface area contributed by atoms with Crippen molar-refractivity contribution in [2.45, 2.75) is 69.8 Å². The number of amides is 5. The number of aromatic amines is 2. The zero-order valence-electron chi connectivity index (χ0n) is 40.1. The van der Waals surface area contributed by atoms with Gasteiger partial charge in [-0.25, -0.2) is 29.3 Å². The molecule has 6 heterocycles. The minimum absolute atomic E-state index is 0.139. The SMILES string of the molecule is COC(=O)N[C@H](C(=O)N1CCN(C(=O)OC)C[C@H]1c1ncc(-c2ccc(-c3ccc4cc(-c5cnc([C@@H]6CCCN6C(=O)[C@H](NC(=O)OC6CCOCC6)c6ccccc6)[nH]5)ccc4n3)cc2)[nH]1)C(C)C. The number of piperazine rings is 1. The molecule has 0 saturated carbocycles. The van der Waals surface area contributed by atoms with Gasteiger partial charge in [0.2, 0.25) is 5.91 Å². The summed E-state index contributed by atoms with van der Waals surface area (Å²) < 4.78 is 20.9. The van der Waals surface area contributed by atoms with Crippen molar-refractivity contribution in [3.8, 4) is 33.8 Å². The summed E-state index contributed by atoms with van der Waals surface area (Å²) in [7, 11) is 2.56. The first-order chi connectivity index (χ1) is 34.5. The highest BCUT2D eigenvalue weighted by Gasteiger charge is 2.40. The van der Waals surface area contributed by atoms with Crippen LogP contribution in [0.25, 0.3) is 44.7 Å². The number of benzene rings is 3. The number of fused-ring (bicyclic) bond motifs is 1. The van der Waals surface area contributed by atoms with E-state index >= 15 is 0 Å². The number of nitrogens with one attached hydrogen (secondary N) is 4. The first kappa shape index (κ1) is 48.2. The Morgan fingerprint density at radius 1 is 0.704 bits per heavy atom. The standard InChI is InChI=1S/C52H58N10O9/c1-31(2)44(58-50(65)68-3)48(63)62-24-23-60(52(67)69-4)30-43(62)47-54-28-40(56-47)33-14-12-32(13-15-33)38-18-16-35-27-36(17-19-39(35)55-38)41-29-53-46(57-41)42-11-8-22-61(42)49(64)45(34-9-6-5-7-10-34)59-51(66)71-37-20-25-70-26-21-37/h5-7,9-10,12-19,27-29,31,37,42-45H,8,11,20-26,30H2,1-4H3,(H,53,57)(H,54,56)(H,58,65)(H,59,66)/t42-,43-,44-,45+/m0/s1. The maximum atomic E-state index is 14.3. The molecule has 5 amide bonds. The van der Waals surface area contributed by atoms with E-state index in [0.717, 1.165) is 51.8 Å². The molecule has 3 aliphatic heterocycles. The Balaban J connectivity index is 0.879. The number of imidazole rings is 2. The Kier molecular flexibility index (Phi) is 14.6. The van der Waals surface area contributed by atoms with E-state index in [1.807, 2.05) is 92.7 Å². The lowest BCUT2D eigenvalue weighted by Gasteiger charge is -2.41. The van der Waals surface area contributed by atoms with Gasteiger partial charge in [0.1, 0.15) is 35.9 Å². The number of rotatable bonds is 12. The van der Waals surface area contributed by atoms with Crippen LogP contribution in [0.4, 0.5) is 14.4 Å². The van der Waals surface area contributed by atoms with Crippen LogP contribution < -0.4 is 10.6 Å². The van der Waals surface area contributed by atoms with E-state index in [0.29, 0.717) is 55.5 Å². The monoisotopic (exact) mass is 966 g/mol. The summed E-state index contributed by atoms with van der Waals surface area (Å²) in [6.07, 6.45) is 4.12. The lowest BCUT2D eigenvalue weighted by Crippen LogP contribution is -2.58. The van der Waals surface area contributed by atoms with Crippen molar-refractivity contribution in [1.29, 1.82) is 0 Å². The van der Waals surface area contributed by atoms with E-state index in [1.54, 1.807) is 22.2 Å². The van der Waals surface area contributed by atoms with E-state index in [9.17, 15) is 24.0 Å². The van der Waals surface area contributed by atoms with Crippen molar-refractivity contribution in [2.75, 3.05) is 53.6 Å². The second-order valence-corrected chi connectivity index (χ2v) is 18.3. The molecule has 3 fully saturated rings. The molecule has 0 radical (unpaired) electrons. The summed E-state index contributed by atoms with van der Waals surface area (Å²) in [6, 6.07) is 24.5. The van der Waals surface area contributed by atoms with E-state index in [1.165, 1.54) is 19.1 Å². The molecule has 3 aliphatic rings. The summed E-state index contributed by atoms with van der Waals surface area (Å²) in [5.74, 6) is 0.382. The van der Waals surface area contributed by atoms with Gasteiger partial charge in [0, 0.05) is 49.0 Å². The van der Waals surface area contributed by atoms with Gasteiger partial charge in [-0.15, -0.1) is 0 Å². The van der Waals surface area contributed by atoms with Crippen molar-refractivity contribution in [1.82, 2.24) is 50.3 Å². The molecular weight excluding hydrogens is 909 g/mol. The van der Waals surface area contributed by atoms with Crippen LogP contribution in [0.5, 0.6) is 0 Å². The predicted octanol–water partition coefficient (Wildman–Crippen LogP) is 7.32. The number of H-pyrrole nitrogens is 2. The molecule has 3 saturated heterocycles. The average Bonchev–Trinajstić information content (AvgIpc) is 4.22. The van der Waals surface area contributed by atoms with Crippen LogP contribution in [0.2, 0.25) is 0 Å². The van der Waals surface area contributed by atoms with Crippen LogP contribution in [0.15, 0.2) is 97.3 Å². The number of pyridine rings is 1. The van der Waals surface area contributed by atoms with Crippen molar-refractivity contribution in [2.24, 2.45) is 5.92 Å². The number of carbonyl (C=O) groups excluding carboxylic acids is 5. The fourth-order valence-electron chi connectivity index (χ4n) is 9.54. The summed E-state index contributed by atoms with van der Waals surface area (Å²) in [4.78, 5) is 92.5. The third kappa shape index (κ3) is 10.7. The van der Waals surface area contributed by atoms with Crippen molar-refractivity contribution in [3.05, 3.63) is 115 Å². The minimum Gasteiger partial charge on any atom is -0.453 e. The van der Waals surface area contributed by atoms with Gasteiger partial charge in [-0.2, -0.15) is 0 Å². The third-order valence-corrected chi connectivity index (χ3v) is 13.4. The van der Waals surface area contributed by atoms with Gasteiger partial charge in [0.15, 0.2) is 0 Å². The summed E-state index contributed by atoms with van der Waals surface area (Å²) in [5.41, 5.74) is 6.47. The quantitative estimate of drug-likeness (QED) is 0.0885. The van der Waals surface area contributed by atoms with Gasteiger partial charge < -0.3 is 54.2 Å². The number of hydrogen-bond acceptors (Lipinski definition) is 12. The van der Waals surface area contributed by atoms with Crippen molar-refractivity contribution in [3.63, 3.8) is 0 Å². The molecule has 19 nitrogen and oxygen atoms in total. The number of carbonyl (C=O) groups is 5. The molecule has 370 valence electrons. The van der Waals surface area contributed by atoms with Crippen LogP contribution in [0.3, 0.4) is 0 Å². The molecule has 0 bridgehead atoms. The first-order valence-corrected chi connectivity index (χ1v) is 24.0. The Hall–Kier alpha value is -7.80.